The van der Waals surface area contributed by atoms with Gasteiger partial charge in [0.1, 0.15) is 6.61 Å². The zero-order chi connectivity index (χ0) is 25.7. The fraction of sp³-hybridized carbons (Fsp3) is 0.708. The van der Waals surface area contributed by atoms with Gasteiger partial charge >= 0.3 is 0 Å². The van der Waals surface area contributed by atoms with E-state index in [4.69, 9.17) is 0 Å². The number of carbonyl (C=O) groups is 4. The summed E-state index contributed by atoms with van der Waals surface area (Å²) in [7, 11) is 3.39. The minimum absolute atomic E-state index is 0.105. The highest BCUT2D eigenvalue weighted by Gasteiger charge is 2.34. The number of aliphatic hydroxyl groups excluding tert-OH is 1. The molecule has 0 radical (unpaired) electrons. The average molecular weight is 491 g/mol. The molecule has 2 aliphatic rings. The standard InChI is InChI=1S/C24H38N6O5/c1-16(2)8-11-30-17-6-7-19-18(12-17)23(26-28(19)4)24(35)27(3)13-20(32)25-9-5-10-29(14-21(30)33)22(34)15-31/h16-17,31H,5-15H2,1-4H3,(H,25,32). The maximum absolute atomic E-state index is 13.5. The number of aryl methyl sites for hydroxylation is 1. The summed E-state index contributed by atoms with van der Waals surface area (Å²) in [6.45, 7) is 4.36. The molecule has 0 saturated heterocycles. The molecule has 194 valence electrons. The molecule has 0 spiro atoms. The van der Waals surface area contributed by atoms with Gasteiger partial charge in [0.2, 0.25) is 17.7 Å². The topological polar surface area (TPSA) is 128 Å². The lowest BCUT2D eigenvalue weighted by Crippen LogP contribution is -2.50. The molecule has 11 heteroatoms. The van der Waals surface area contributed by atoms with Gasteiger partial charge in [-0.25, -0.2) is 0 Å². The van der Waals surface area contributed by atoms with Gasteiger partial charge in [0.25, 0.3) is 5.91 Å². The molecule has 3 rings (SSSR count). The van der Waals surface area contributed by atoms with E-state index in [1.54, 1.807) is 11.7 Å². The van der Waals surface area contributed by atoms with Crippen LogP contribution >= 0.6 is 0 Å². The molecule has 1 aromatic heterocycles. The molecule has 1 aromatic rings. The van der Waals surface area contributed by atoms with Crippen molar-refractivity contribution in [2.24, 2.45) is 13.0 Å². The first-order chi connectivity index (χ1) is 16.6. The summed E-state index contributed by atoms with van der Waals surface area (Å²) < 4.78 is 1.72. The summed E-state index contributed by atoms with van der Waals surface area (Å²) >= 11 is 0. The predicted octanol–water partition coefficient (Wildman–Crippen LogP) is -0.435. The molecule has 2 heterocycles. The van der Waals surface area contributed by atoms with Crippen molar-refractivity contribution in [3.05, 3.63) is 17.0 Å². The Labute approximate surface area is 206 Å². The molecule has 2 N–H and O–H groups in total. The summed E-state index contributed by atoms with van der Waals surface area (Å²) in [6.07, 6.45) is 3.13. The molecule has 0 aromatic carbocycles. The van der Waals surface area contributed by atoms with Crippen LogP contribution in [0.2, 0.25) is 0 Å². The minimum atomic E-state index is -0.676. The number of hydrogen-bond donors (Lipinski definition) is 2. The fourth-order valence-corrected chi connectivity index (χ4v) is 4.78. The van der Waals surface area contributed by atoms with Gasteiger partial charge in [-0.3, -0.25) is 23.9 Å². The zero-order valence-corrected chi connectivity index (χ0v) is 21.2. The Morgan fingerprint density at radius 3 is 2.63 bits per heavy atom. The summed E-state index contributed by atoms with van der Waals surface area (Å²) in [4.78, 5) is 56.0. The highest BCUT2D eigenvalue weighted by Crippen LogP contribution is 2.28. The van der Waals surface area contributed by atoms with Crippen LogP contribution < -0.4 is 5.32 Å². The Bertz CT molecular complexity index is 958. The van der Waals surface area contributed by atoms with E-state index in [9.17, 15) is 24.3 Å². The second kappa shape index (κ2) is 11.7. The monoisotopic (exact) mass is 490 g/mol. The van der Waals surface area contributed by atoms with E-state index >= 15 is 0 Å². The van der Waals surface area contributed by atoms with Gasteiger partial charge in [-0.15, -0.1) is 0 Å². The number of carbonyl (C=O) groups excluding carboxylic acids is 4. The number of likely N-dealkylation sites (N-methyl/N-ethyl adjacent to an activating group) is 1. The molecule has 2 bridgehead atoms. The summed E-state index contributed by atoms with van der Waals surface area (Å²) in [5.74, 6) is -0.923. The molecular formula is C24H38N6O5. The average Bonchev–Trinajstić information content (AvgIpc) is 3.15. The first-order valence-corrected chi connectivity index (χ1v) is 12.4. The highest BCUT2D eigenvalue weighted by atomic mass is 16.3. The van der Waals surface area contributed by atoms with Crippen molar-refractivity contribution < 1.29 is 24.3 Å². The maximum Gasteiger partial charge on any atom is 0.274 e. The number of nitrogens with one attached hydrogen (secondary N) is 1. The number of aliphatic hydroxyl groups is 1. The minimum Gasteiger partial charge on any atom is -0.387 e. The van der Waals surface area contributed by atoms with Crippen molar-refractivity contribution in [2.75, 3.05) is 46.4 Å². The van der Waals surface area contributed by atoms with E-state index in [0.29, 0.717) is 37.4 Å². The Morgan fingerprint density at radius 1 is 1.20 bits per heavy atom. The Hall–Kier alpha value is -2.95. The van der Waals surface area contributed by atoms with Crippen molar-refractivity contribution in [3.63, 3.8) is 0 Å². The molecule has 4 amide bonds. The second-order valence-electron chi connectivity index (χ2n) is 9.90. The number of rotatable bonds is 4. The van der Waals surface area contributed by atoms with Crippen molar-refractivity contribution >= 4 is 23.6 Å². The first kappa shape index (κ1) is 26.7. The van der Waals surface area contributed by atoms with Crippen LogP contribution in [0, 0.1) is 5.92 Å². The van der Waals surface area contributed by atoms with Gasteiger partial charge in [-0.2, -0.15) is 5.10 Å². The summed E-state index contributed by atoms with van der Waals surface area (Å²) in [5.41, 5.74) is 2.11. The quantitative estimate of drug-likeness (QED) is 0.589. The lowest BCUT2D eigenvalue weighted by Gasteiger charge is -2.36. The third-order valence-electron chi connectivity index (χ3n) is 6.81. The van der Waals surface area contributed by atoms with E-state index in [2.05, 4.69) is 24.3 Å². The van der Waals surface area contributed by atoms with Crippen molar-refractivity contribution in [2.45, 2.75) is 52.0 Å². The molecule has 1 aliphatic heterocycles. The van der Waals surface area contributed by atoms with Crippen LogP contribution in [0.5, 0.6) is 0 Å². The second-order valence-corrected chi connectivity index (χ2v) is 9.90. The molecule has 35 heavy (non-hydrogen) atoms. The molecule has 1 unspecified atom stereocenters. The van der Waals surface area contributed by atoms with E-state index < -0.39 is 12.5 Å². The summed E-state index contributed by atoms with van der Waals surface area (Å²) in [5, 5.41) is 16.7. The molecular weight excluding hydrogens is 452 g/mol. The largest absolute Gasteiger partial charge is 0.387 e. The Morgan fingerprint density at radius 2 is 1.94 bits per heavy atom. The van der Waals surface area contributed by atoms with Gasteiger partial charge in [0.05, 0.1) is 13.1 Å². The number of aromatic nitrogens is 2. The van der Waals surface area contributed by atoms with E-state index in [0.717, 1.165) is 24.1 Å². The van der Waals surface area contributed by atoms with Crippen LogP contribution in [0.4, 0.5) is 0 Å². The van der Waals surface area contributed by atoms with Crippen LogP contribution in [-0.2, 0) is 34.3 Å². The van der Waals surface area contributed by atoms with E-state index in [1.807, 2.05) is 11.9 Å². The fourth-order valence-electron chi connectivity index (χ4n) is 4.78. The Kier molecular flexibility index (Phi) is 8.87. The normalized spacial score (nSPS) is 20.5. The smallest absolute Gasteiger partial charge is 0.274 e. The molecule has 0 saturated carbocycles. The predicted molar refractivity (Wildman–Crippen MR) is 128 cm³/mol. The SMILES string of the molecule is CC(C)CCN1C(=O)CN(C(=O)CO)CCCNC(=O)CN(C)C(=O)c2nn(C)c3c2CC1CC3. The zero-order valence-electron chi connectivity index (χ0n) is 21.2. The van der Waals surface area contributed by atoms with Crippen LogP contribution in [0.25, 0.3) is 0 Å². The highest BCUT2D eigenvalue weighted by molar-refractivity contribution is 5.96. The van der Waals surface area contributed by atoms with Crippen LogP contribution in [-0.4, -0.2) is 106 Å². The van der Waals surface area contributed by atoms with Crippen molar-refractivity contribution in [1.29, 1.82) is 0 Å². The van der Waals surface area contributed by atoms with Crippen LogP contribution in [0.3, 0.4) is 0 Å². The molecule has 11 nitrogen and oxygen atoms in total. The van der Waals surface area contributed by atoms with Crippen molar-refractivity contribution in [3.8, 4) is 0 Å². The van der Waals surface area contributed by atoms with Crippen LogP contribution in [0.15, 0.2) is 0 Å². The van der Waals surface area contributed by atoms with Gasteiger partial charge < -0.3 is 25.1 Å². The number of nitrogens with zero attached hydrogens (tertiary/aromatic N) is 5. The summed E-state index contributed by atoms with van der Waals surface area (Å²) in [6, 6.07) is -0.128. The molecule has 1 atom stereocenters. The lowest BCUT2D eigenvalue weighted by molar-refractivity contribution is -0.143. The maximum atomic E-state index is 13.5. The number of amides is 4. The number of fused-ring (bicyclic) bond motifs is 1. The van der Waals surface area contributed by atoms with Crippen LogP contribution in [0.1, 0.15) is 54.9 Å². The molecule has 1 aliphatic carbocycles. The van der Waals surface area contributed by atoms with Gasteiger partial charge in [-0.05, 0) is 38.0 Å². The van der Waals surface area contributed by atoms with Gasteiger partial charge in [0, 0.05) is 51.0 Å². The number of hydrogen-bond acceptors (Lipinski definition) is 6. The van der Waals surface area contributed by atoms with Gasteiger partial charge in [-0.1, -0.05) is 13.8 Å². The van der Waals surface area contributed by atoms with Crippen molar-refractivity contribution in [1.82, 2.24) is 29.8 Å². The Balaban J connectivity index is 1.97. The first-order valence-electron chi connectivity index (χ1n) is 12.4. The van der Waals surface area contributed by atoms with E-state index in [-0.39, 0.29) is 49.9 Å². The third-order valence-corrected chi connectivity index (χ3v) is 6.81. The van der Waals surface area contributed by atoms with Gasteiger partial charge in [0.15, 0.2) is 5.69 Å². The lowest BCUT2D eigenvalue weighted by atomic mass is 9.89. The van der Waals surface area contributed by atoms with E-state index in [1.165, 1.54) is 9.80 Å². The third kappa shape index (κ3) is 6.39. The molecule has 0 fully saturated rings.